The summed E-state index contributed by atoms with van der Waals surface area (Å²) in [7, 11) is -1.04. The first-order valence-corrected chi connectivity index (χ1v) is 13.2. The number of nitrogens with zero attached hydrogens (tertiary/aromatic N) is 4. The van der Waals surface area contributed by atoms with Crippen LogP contribution in [0.2, 0.25) is 0 Å². The second-order valence-electron chi connectivity index (χ2n) is 8.91. The molecule has 0 bridgehead atoms. The molecule has 3 aliphatic rings. The first-order valence-electron chi connectivity index (χ1n) is 10.8. The van der Waals surface area contributed by atoms with Crippen LogP contribution in [0.5, 0.6) is 0 Å². The highest BCUT2D eigenvalue weighted by molar-refractivity contribution is 7.81. The SMILES string of the molecule is CS(=O)N1CCC(Nc2ncc(C(F)(F)F)c(-c3cc4c(s3)C3(C)CCCN3C4=O)n2)CC1. The molecule has 0 saturated carbocycles. The number of hydrogen-bond donors (Lipinski definition) is 1. The number of amides is 1. The molecule has 2 fully saturated rings. The number of anilines is 1. The van der Waals surface area contributed by atoms with Gasteiger partial charge in [0.05, 0.1) is 32.7 Å². The van der Waals surface area contributed by atoms with Crippen molar-refractivity contribution >= 4 is 34.2 Å². The summed E-state index contributed by atoms with van der Waals surface area (Å²) in [6.07, 6.45) is 0.894. The van der Waals surface area contributed by atoms with Gasteiger partial charge in [-0.3, -0.25) is 4.79 Å². The standard InChI is InChI=1S/C21H24F3N5O2S2/c1-20-6-3-7-29(20)18(30)13-10-15(32-17(13)20)16-14(21(22,23)24)11-25-19(27-16)26-12-4-8-28(9-5-12)33(2)31/h10-12H,3-9H2,1-2H3,(H,25,26,27). The maximum absolute atomic E-state index is 13.8. The lowest BCUT2D eigenvalue weighted by atomic mass is 9.98. The normalized spacial score (nSPS) is 24.8. The van der Waals surface area contributed by atoms with Crippen molar-refractivity contribution in [2.75, 3.05) is 31.2 Å². The molecule has 5 heterocycles. The average Bonchev–Trinajstić information content (AvgIpc) is 3.41. The molecule has 1 amide bonds. The topological polar surface area (TPSA) is 78.4 Å². The summed E-state index contributed by atoms with van der Waals surface area (Å²) in [5.74, 6) is 0.0104. The summed E-state index contributed by atoms with van der Waals surface area (Å²) >= 11 is 1.22. The van der Waals surface area contributed by atoms with Gasteiger partial charge in [-0.25, -0.2) is 18.5 Å². The second-order valence-corrected chi connectivity index (χ2v) is 11.3. The molecule has 0 aromatic carbocycles. The average molecular weight is 500 g/mol. The minimum Gasteiger partial charge on any atom is -0.351 e. The Morgan fingerprint density at radius 3 is 2.67 bits per heavy atom. The Morgan fingerprint density at radius 1 is 1.27 bits per heavy atom. The van der Waals surface area contributed by atoms with E-state index < -0.39 is 28.3 Å². The minimum absolute atomic E-state index is 0.0183. The number of hydrogen-bond acceptors (Lipinski definition) is 6. The van der Waals surface area contributed by atoms with Crippen molar-refractivity contribution in [3.05, 3.63) is 28.3 Å². The van der Waals surface area contributed by atoms with Crippen LogP contribution in [0.3, 0.4) is 0 Å². The summed E-state index contributed by atoms with van der Waals surface area (Å²) in [5, 5.41) is 3.15. The Bertz CT molecular complexity index is 1130. The molecule has 2 atom stereocenters. The summed E-state index contributed by atoms with van der Waals surface area (Å²) < 4.78 is 54.9. The predicted octanol–water partition coefficient (Wildman–Crippen LogP) is 3.86. The van der Waals surface area contributed by atoms with Crippen molar-refractivity contribution in [1.29, 1.82) is 0 Å². The van der Waals surface area contributed by atoms with Crippen LogP contribution in [0, 0.1) is 0 Å². The molecule has 7 nitrogen and oxygen atoms in total. The summed E-state index contributed by atoms with van der Waals surface area (Å²) in [6.45, 7) is 3.91. The lowest BCUT2D eigenvalue weighted by Gasteiger charge is -2.30. The van der Waals surface area contributed by atoms with Crippen LogP contribution >= 0.6 is 11.3 Å². The Morgan fingerprint density at radius 2 is 2.00 bits per heavy atom. The number of rotatable bonds is 4. The Balaban J connectivity index is 1.47. The minimum atomic E-state index is -4.62. The zero-order chi connectivity index (χ0) is 23.5. The van der Waals surface area contributed by atoms with Gasteiger partial charge in [0.1, 0.15) is 5.56 Å². The molecule has 3 aliphatic heterocycles. The van der Waals surface area contributed by atoms with Gasteiger partial charge in [-0.15, -0.1) is 11.3 Å². The number of alkyl halides is 3. The molecule has 2 saturated heterocycles. The highest BCUT2D eigenvalue weighted by Gasteiger charge is 2.51. The van der Waals surface area contributed by atoms with E-state index in [9.17, 15) is 22.2 Å². The van der Waals surface area contributed by atoms with Gasteiger partial charge < -0.3 is 10.2 Å². The summed E-state index contributed by atoms with van der Waals surface area (Å²) in [5.41, 5.74) is -1.08. The first kappa shape index (κ1) is 22.7. The molecule has 0 aliphatic carbocycles. The number of thiophene rings is 1. The molecule has 0 radical (unpaired) electrons. The van der Waals surface area contributed by atoms with Crippen molar-refractivity contribution in [3.8, 4) is 10.6 Å². The van der Waals surface area contributed by atoms with E-state index in [0.717, 1.165) is 23.9 Å². The van der Waals surface area contributed by atoms with E-state index in [1.807, 2.05) is 16.1 Å². The van der Waals surface area contributed by atoms with Crippen LogP contribution in [0.25, 0.3) is 10.6 Å². The van der Waals surface area contributed by atoms with Gasteiger partial charge in [-0.2, -0.15) is 13.2 Å². The van der Waals surface area contributed by atoms with E-state index >= 15 is 0 Å². The van der Waals surface area contributed by atoms with Crippen molar-refractivity contribution in [2.45, 2.75) is 50.4 Å². The quantitative estimate of drug-likeness (QED) is 0.691. The zero-order valence-electron chi connectivity index (χ0n) is 18.2. The third-order valence-corrected chi connectivity index (χ3v) is 9.30. The Hall–Kier alpha value is -2.05. The van der Waals surface area contributed by atoms with Crippen molar-refractivity contribution < 1.29 is 22.2 Å². The van der Waals surface area contributed by atoms with Crippen molar-refractivity contribution in [1.82, 2.24) is 19.2 Å². The van der Waals surface area contributed by atoms with Crippen LogP contribution in [-0.4, -0.2) is 61.2 Å². The van der Waals surface area contributed by atoms with Gasteiger partial charge >= 0.3 is 6.18 Å². The molecule has 33 heavy (non-hydrogen) atoms. The molecular formula is C21H24F3N5O2S2. The monoisotopic (exact) mass is 499 g/mol. The van der Waals surface area contributed by atoms with Crippen LogP contribution in [0.1, 0.15) is 53.4 Å². The van der Waals surface area contributed by atoms with E-state index in [-0.39, 0.29) is 23.6 Å². The number of fused-ring (bicyclic) bond motifs is 3. The maximum Gasteiger partial charge on any atom is 0.420 e. The van der Waals surface area contributed by atoms with E-state index in [1.165, 1.54) is 11.3 Å². The molecule has 2 aromatic rings. The number of carbonyl (C=O) groups excluding carboxylic acids is 1. The lowest BCUT2D eigenvalue weighted by Crippen LogP contribution is -2.39. The molecule has 5 rings (SSSR count). The molecule has 178 valence electrons. The Kier molecular flexibility index (Phi) is 5.52. The van der Waals surface area contributed by atoms with Gasteiger partial charge in [0, 0.05) is 43.0 Å². The zero-order valence-corrected chi connectivity index (χ0v) is 19.9. The number of piperidine rings is 1. The van der Waals surface area contributed by atoms with Crippen LogP contribution in [0.15, 0.2) is 12.3 Å². The van der Waals surface area contributed by atoms with E-state index in [4.69, 9.17) is 0 Å². The molecule has 0 spiro atoms. The van der Waals surface area contributed by atoms with Gasteiger partial charge in [-0.05, 0) is 38.7 Å². The third-order valence-electron chi connectivity index (χ3n) is 6.82. The maximum atomic E-state index is 13.8. The molecule has 12 heteroatoms. The fourth-order valence-electron chi connectivity index (χ4n) is 5.02. The number of halogens is 3. The second kappa shape index (κ2) is 8.02. The van der Waals surface area contributed by atoms with Gasteiger partial charge in [0.25, 0.3) is 5.91 Å². The van der Waals surface area contributed by atoms with E-state index in [0.29, 0.717) is 42.9 Å². The summed E-state index contributed by atoms with van der Waals surface area (Å²) in [6, 6.07) is 1.54. The highest BCUT2D eigenvalue weighted by Crippen LogP contribution is 2.52. The van der Waals surface area contributed by atoms with Crippen LogP contribution < -0.4 is 5.32 Å². The van der Waals surface area contributed by atoms with Gasteiger partial charge in [-0.1, -0.05) is 0 Å². The number of nitrogens with one attached hydrogen (secondary N) is 1. The van der Waals surface area contributed by atoms with E-state index in [2.05, 4.69) is 15.3 Å². The number of carbonyl (C=O) groups is 1. The first-order chi connectivity index (χ1) is 15.6. The molecular weight excluding hydrogens is 475 g/mol. The highest BCUT2D eigenvalue weighted by atomic mass is 32.2. The fourth-order valence-corrected chi connectivity index (χ4v) is 7.09. The summed E-state index contributed by atoms with van der Waals surface area (Å²) in [4.78, 5) is 24.0. The molecule has 2 unspecified atom stereocenters. The number of aromatic nitrogens is 2. The van der Waals surface area contributed by atoms with Gasteiger partial charge in [0.15, 0.2) is 0 Å². The third kappa shape index (κ3) is 3.85. The predicted molar refractivity (Wildman–Crippen MR) is 120 cm³/mol. The van der Waals surface area contributed by atoms with Crippen LogP contribution in [0.4, 0.5) is 19.1 Å². The van der Waals surface area contributed by atoms with Crippen LogP contribution in [-0.2, 0) is 22.7 Å². The largest absolute Gasteiger partial charge is 0.420 e. The van der Waals surface area contributed by atoms with Crippen molar-refractivity contribution in [2.24, 2.45) is 0 Å². The van der Waals surface area contributed by atoms with Crippen molar-refractivity contribution in [3.63, 3.8) is 0 Å². The fraction of sp³-hybridized carbons (Fsp3) is 0.571. The molecule has 1 N–H and O–H groups in total. The lowest BCUT2D eigenvalue weighted by molar-refractivity contribution is -0.137. The van der Waals surface area contributed by atoms with Gasteiger partial charge in [0.2, 0.25) is 5.95 Å². The smallest absolute Gasteiger partial charge is 0.351 e. The van der Waals surface area contributed by atoms with E-state index in [1.54, 1.807) is 12.3 Å². The Labute approximate surface area is 196 Å². The molecule has 2 aromatic heterocycles.